The molecule has 0 fully saturated rings. The number of ether oxygens (including phenoxy) is 2. The lowest BCUT2D eigenvalue weighted by molar-refractivity contribution is -0.115. The van der Waals surface area contributed by atoms with Crippen molar-refractivity contribution in [2.24, 2.45) is 0 Å². The Morgan fingerprint density at radius 3 is 2.73 bits per heavy atom. The number of nitrogens with one attached hydrogen (secondary N) is 2. The van der Waals surface area contributed by atoms with Gasteiger partial charge >= 0.3 is 0 Å². The maximum Gasteiger partial charge on any atom is 0.232 e. The van der Waals surface area contributed by atoms with Crippen LogP contribution in [-0.4, -0.2) is 35.3 Å². The lowest BCUT2D eigenvalue weighted by Crippen LogP contribution is -2.14. The van der Waals surface area contributed by atoms with E-state index in [1.165, 1.54) is 22.7 Å². The average molecular weight is 391 g/mol. The maximum absolute atomic E-state index is 12.1. The Bertz CT molecular complexity index is 909. The van der Waals surface area contributed by atoms with Crippen LogP contribution in [0.5, 0.6) is 11.5 Å². The predicted molar refractivity (Wildman–Crippen MR) is 102 cm³/mol. The molecule has 2 heterocycles. The molecule has 2 aromatic heterocycles. The molecule has 8 nitrogen and oxygen atoms in total. The normalized spacial score (nSPS) is 10.4. The van der Waals surface area contributed by atoms with Gasteiger partial charge in [0.25, 0.3) is 0 Å². The molecular formula is C16H17N5O3S2. The first kappa shape index (κ1) is 18.1. The number of carbonyl (C=O) groups is 1. The number of methoxy groups -OCH3 is 2. The first-order valence-corrected chi connectivity index (χ1v) is 9.30. The van der Waals surface area contributed by atoms with E-state index in [4.69, 9.17) is 9.47 Å². The van der Waals surface area contributed by atoms with Gasteiger partial charge in [-0.05, 0) is 19.1 Å². The monoisotopic (exact) mass is 391 g/mol. The summed E-state index contributed by atoms with van der Waals surface area (Å²) in [6.45, 7) is 1.83. The van der Waals surface area contributed by atoms with E-state index in [0.717, 1.165) is 10.7 Å². The highest BCUT2D eigenvalue weighted by atomic mass is 32.1. The highest BCUT2D eigenvalue weighted by Gasteiger charge is 2.12. The molecule has 2 N–H and O–H groups in total. The number of aromatic nitrogens is 3. The van der Waals surface area contributed by atoms with Gasteiger partial charge in [0.15, 0.2) is 5.13 Å². The Morgan fingerprint density at radius 1 is 1.19 bits per heavy atom. The summed E-state index contributed by atoms with van der Waals surface area (Å²) in [6, 6.07) is 5.45. The molecule has 10 heteroatoms. The smallest absolute Gasteiger partial charge is 0.232 e. The lowest BCUT2D eigenvalue weighted by atomic mass is 10.2. The van der Waals surface area contributed by atoms with E-state index in [2.05, 4.69) is 25.8 Å². The number of benzene rings is 1. The first-order valence-electron chi connectivity index (χ1n) is 7.61. The molecule has 1 aromatic carbocycles. The molecule has 0 bridgehead atoms. The van der Waals surface area contributed by atoms with Crippen LogP contribution in [0.3, 0.4) is 0 Å². The zero-order chi connectivity index (χ0) is 18.5. The summed E-state index contributed by atoms with van der Waals surface area (Å²) < 4.78 is 10.6. The van der Waals surface area contributed by atoms with Gasteiger partial charge in [-0.1, -0.05) is 11.3 Å². The van der Waals surface area contributed by atoms with E-state index in [9.17, 15) is 4.79 Å². The van der Waals surface area contributed by atoms with Crippen molar-refractivity contribution in [2.45, 2.75) is 13.3 Å². The Balaban J connectivity index is 1.65. The van der Waals surface area contributed by atoms with E-state index in [1.54, 1.807) is 14.2 Å². The van der Waals surface area contributed by atoms with Gasteiger partial charge in [-0.3, -0.25) is 4.79 Å². The zero-order valence-electron chi connectivity index (χ0n) is 14.4. The largest absolute Gasteiger partial charge is 0.497 e. The Hall–Kier alpha value is -2.72. The molecule has 136 valence electrons. The highest BCUT2D eigenvalue weighted by molar-refractivity contribution is 7.15. The molecule has 26 heavy (non-hydrogen) atoms. The molecule has 0 saturated heterocycles. The Kier molecular flexibility index (Phi) is 5.64. The lowest BCUT2D eigenvalue weighted by Gasteiger charge is -2.10. The number of anilines is 3. The van der Waals surface area contributed by atoms with Crippen LogP contribution < -0.4 is 20.1 Å². The van der Waals surface area contributed by atoms with Crippen molar-refractivity contribution in [2.75, 3.05) is 24.9 Å². The van der Waals surface area contributed by atoms with Gasteiger partial charge in [0, 0.05) is 11.4 Å². The Labute approximate surface area is 158 Å². The van der Waals surface area contributed by atoms with Crippen molar-refractivity contribution < 1.29 is 14.3 Å². The molecule has 0 saturated carbocycles. The summed E-state index contributed by atoms with van der Waals surface area (Å²) in [6.07, 6.45) is 0.159. The van der Waals surface area contributed by atoms with Gasteiger partial charge < -0.3 is 20.1 Å². The second-order valence-electron chi connectivity index (χ2n) is 5.19. The highest BCUT2D eigenvalue weighted by Crippen LogP contribution is 2.32. The number of hydrogen-bond acceptors (Lipinski definition) is 9. The van der Waals surface area contributed by atoms with E-state index >= 15 is 0 Å². The summed E-state index contributed by atoms with van der Waals surface area (Å²) in [7, 11) is 3.20. The fourth-order valence-electron chi connectivity index (χ4n) is 2.15. The van der Waals surface area contributed by atoms with Crippen molar-refractivity contribution >= 4 is 44.5 Å². The molecule has 0 aliphatic rings. The molecule has 0 unspecified atom stereocenters. The van der Waals surface area contributed by atoms with Gasteiger partial charge in [-0.2, -0.15) is 0 Å². The molecule has 3 rings (SSSR count). The van der Waals surface area contributed by atoms with Crippen molar-refractivity contribution in [3.63, 3.8) is 0 Å². The number of hydrogen-bond donors (Lipinski definition) is 2. The third-order valence-electron chi connectivity index (χ3n) is 3.31. The summed E-state index contributed by atoms with van der Waals surface area (Å²) >= 11 is 2.74. The van der Waals surface area contributed by atoms with E-state index in [-0.39, 0.29) is 12.3 Å². The van der Waals surface area contributed by atoms with Gasteiger partial charge in [0.1, 0.15) is 16.5 Å². The van der Waals surface area contributed by atoms with Crippen LogP contribution in [0.15, 0.2) is 23.6 Å². The van der Waals surface area contributed by atoms with Crippen LogP contribution >= 0.6 is 22.7 Å². The van der Waals surface area contributed by atoms with Crippen LogP contribution in [0.4, 0.5) is 16.0 Å². The van der Waals surface area contributed by atoms with Crippen molar-refractivity contribution in [3.05, 3.63) is 34.3 Å². The summed E-state index contributed by atoms with van der Waals surface area (Å²) in [4.78, 5) is 16.5. The molecule has 0 aliphatic heterocycles. The molecular weight excluding hydrogens is 374 g/mol. The quantitative estimate of drug-likeness (QED) is 0.638. The van der Waals surface area contributed by atoms with Gasteiger partial charge in [0.2, 0.25) is 11.0 Å². The van der Waals surface area contributed by atoms with Crippen LogP contribution in [0, 0.1) is 6.92 Å². The van der Waals surface area contributed by atoms with E-state index < -0.39 is 0 Å². The average Bonchev–Trinajstić information content (AvgIpc) is 3.23. The van der Waals surface area contributed by atoms with Gasteiger partial charge in [0.05, 0.1) is 32.0 Å². The van der Waals surface area contributed by atoms with E-state index in [0.29, 0.717) is 27.5 Å². The molecule has 0 atom stereocenters. The fourth-order valence-corrected chi connectivity index (χ4v) is 3.48. The standard InChI is InChI=1S/C16H17N5O3S2/c1-9-20-21-16(26-9)19-14(22)6-10-8-25-15(17-10)18-12-7-11(23-2)4-5-13(12)24-3/h4-5,7-8H,6H2,1-3H3,(H,17,18)(H,19,21,22). The number of thiazole rings is 1. The van der Waals surface area contributed by atoms with Crippen LogP contribution in [0.25, 0.3) is 0 Å². The fraction of sp³-hybridized carbons (Fsp3) is 0.250. The summed E-state index contributed by atoms with van der Waals surface area (Å²) in [5.74, 6) is 1.20. The van der Waals surface area contributed by atoms with Gasteiger partial charge in [-0.25, -0.2) is 4.98 Å². The van der Waals surface area contributed by atoms with Crippen molar-refractivity contribution in [1.29, 1.82) is 0 Å². The molecule has 0 radical (unpaired) electrons. The first-order chi connectivity index (χ1) is 12.6. The van der Waals surface area contributed by atoms with Crippen LogP contribution in [0.2, 0.25) is 0 Å². The van der Waals surface area contributed by atoms with E-state index in [1.807, 2.05) is 30.5 Å². The van der Waals surface area contributed by atoms with Crippen LogP contribution in [0.1, 0.15) is 10.7 Å². The number of carbonyl (C=O) groups excluding carboxylic acids is 1. The third kappa shape index (κ3) is 4.46. The van der Waals surface area contributed by atoms with Gasteiger partial charge in [-0.15, -0.1) is 21.5 Å². The predicted octanol–water partition coefficient (Wildman–Crippen LogP) is 3.25. The second kappa shape index (κ2) is 8.11. The van der Waals surface area contributed by atoms with Crippen molar-refractivity contribution in [1.82, 2.24) is 15.2 Å². The molecule has 0 spiro atoms. The number of aryl methyl sites for hydroxylation is 1. The summed E-state index contributed by atoms with van der Waals surface area (Å²) in [5, 5.41) is 17.4. The SMILES string of the molecule is COc1ccc(OC)c(Nc2nc(CC(=O)Nc3nnc(C)s3)cs2)c1. The topological polar surface area (TPSA) is 98.3 Å². The maximum atomic E-state index is 12.1. The molecule has 1 amide bonds. The minimum atomic E-state index is -0.183. The molecule has 0 aliphatic carbocycles. The zero-order valence-corrected chi connectivity index (χ0v) is 16.0. The van der Waals surface area contributed by atoms with Crippen LogP contribution in [-0.2, 0) is 11.2 Å². The number of amides is 1. The Morgan fingerprint density at radius 2 is 2.04 bits per heavy atom. The molecule has 3 aromatic rings. The number of rotatable bonds is 7. The van der Waals surface area contributed by atoms with Crippen molar-refractivity contribution in [3.8, 4) is 11.5 Å². The minimum absolute atomic E-state index is 0.159. The second-order valence-corrected chi connectivity index (χ2v) is 7.23. The third-order valence-corrected chi connectivity index (χ3v) is 4.87. The number of nitrogens with zero attached hydrogens (tertiary/aromatic N) is 3. The summed E-state index contributed by atoms with van der Waals surface area (Å²) in [5.41, 5.74) is 1.40. The minimum Gasteiger partial charge on any atom is -0.497 e.